The molecule has 2 rings (SSSR count). The summed E-state index contributed by atoms with van der Waals surface area (Å²) in [7, 11) is 0. The van der Waals surface area contributed by atoms with Crippen LogP contribution in [0.3, 0.4) is 0 Å². The molecule has 1 aromatic rings. The van der Waals surface area contributed by atoms with Gasteiger partial charge in [-0.25, -0.2) is 4.98 Å². The molecule has 1 aliphatic heterocycles. The van der Waals surface area contributed by atoms with Crippen molar-refractivity contribution < 1.29 is 4.79 Å². The highest BCUT2D eigenvalue weighted by molar-refractivity contribution is 5.73. The average Bonchev–Trinajstić information content (AvgIpc) is 2.45. The Morgan fingerprint density at radius 3 is 2.60 bits per heavy atom. The molecule has 1 saturated heterocycles. The van der Waals surface area contributed by atoms with E-state index in [0.717, 1.165) is 45.1 Å². The lowest BCUT2D eigenvalue weighted by molar-refractivity contribution is -0.129. The Bertz CT molecular complexity index is 467. The fourth-order valence-corrected chi connectivity index (χ4v) is 2.56. The molecule has 0 saturated carbocycles. The van der Waals surface area contributed by atoms with E-state index in [1.54, 1.807) is 6.92 Å². The lowest BCUT2D eigenvalue weighted by Gasteiger charge is -2.35. The number of piperazine rings is 1. The van der Waals surface area contributed by atoms with Gasteiger partial charge in [0.25, 0.3) is 0 Å². The molecule has 2 heterocycles. The van der Waals surface area contributed by atoms with Crippen LogP contribution in [0.4, 0.5) is 5.82 Å². The molecule has 0 atom stereocenters. The zero-order valence-corrected chi connectivity index (χ0v) is 12.6. The third-order valence-corrected chi connectivity index (χ3v) is 3.71. The first-order chi connectivity index (χ1) is 9.61. The lowest BCUT2D eigenvalue weighted by atomic mass is 10.2. The van der Waals surface area contributed by atoms with Gasteiger partial charge in [0.2, 0.25) is 5.91 Å². The van der Waals surface area contributed by atoms with Crippen molar-refractivity contribution in [3.63, 3.8) is 0 Å². The Kier molecular flexibility index (Phi) is 4.95. The zero-order valence-electron chi connectivity index (χ0n) is 12.6. The van der Waals surface area contributed by atoms with Crippen LogP contribution in [0, 0.1) is 6.92 Å². The molecule has 0 aliphatic carbocycles. The van der Waals surface area contributed by atoms with Crippen LogP contribution in [0.1, 0.15) is 25.0 Å². The number of aromatic nitrogens is 1. The van der Waals surface area contributed by atoms with Gasteiger partial charge >= 0.3 is 0 Å². The molecule has 0 radical (unpaired) electrons. The van der Waals surface area contributed by atoms with Crippen LogP contribution in [0.5, 0.6) is 0 Å². The van der Waals surface area contributed by atoms with E-state index in [2.05, 4.69) is 35.1 Å². The summed E-state index contributed by atoms with van der Waals surface area (Å²) >= 11 is 0. The molecule has 1 N–H and O–H groups in total. The number of anilines is 1. The van der Waals surface area contributed by atoms with E-state index in [-0.39, 0.29) is 5.91 Å². The second-order valence-electron chi connectivity index (χ2n) is 5.26. The van der Waals surface area contributed by atoms with Gasteiger partial charge in [0.15, 0.2) is 0 Å². The van der Waals surface area contributed by atoms with Gasteiger partial charge < -0.3 is 15.1 Å². The molecule has 110 valence electrons. The summed E-state index contributed by atoms with van der Waals surface area (Å²) < 4.78 is 0. The Morgan fingerprint density at radius 1 is 1.35 bits per heavy atom. The Balaban J connectivity index is 2.01. The predicted molar refractivity (Wildman–Crippen MR) is 80.8 cm³/mol. The normalized spacial score (nSPS) is 15.6. The molecular formula is C15H24N4O. The maximum Gasteiger partial charge on any atom is 0.219 e. The number of aryl methyl sites for hydroxylation is 1. The minimum atomic E-state index is 0.162. The number of carbonyl (C=O) groups is 1. The van der Waals surface area contributed by atoms with Crippen LogP contribution in [0.2, 0.25) is 0 Å². The number of nitrogens with one attached hydrogen (secondary N) is 1. The first-order valence-corrected chi connectivity index (χ1v) is 7.28. The Hall–Kier alpha value is -1.62. The fourth-order valence-electron chi connectivity index (χ4n) is 2.56. The molecule has 0 spiro atoms. The maximum atomic E-state index is 11.3. The molecule has 20 heavy (non-hydrogen) atoms. The van der Waals surface area contributed by atoms with Gasteiger partial charge in [0.1, 0.15) is 5.82 Å². The van der Waals surface area contributed by atoms with Crippen molar-refractivity contribution in [3.8, 4) is 0 Å². The number of pyridine rings is 1. The van der Waals surface area contributed by atoms with Crippen molar-refractivity contribution in [2.75, 3.05) is 37.6 Å². The van der Waals surface area contributed by atoms with Crippen molar-refractivity contribution in [1.82, 2.24) is 15.2 Å². The minimum Gasteiger partial charge on any atom is -0.353 e. The third-order valence-electron chi connectivity index (χ3n) is 3.71. The van der Waals surface area contributed by atoms with Crippen LogP contribution < -0.4 is 10.2 Å². The molecule has 5 nitrogen and oxygen atoms in total. The molecule has 0 unspecified atom stereocenters. The van der Waals surface area contributed by atoms with E-state index in [9.17, 15) is 4.79 Å². The molecule has 1 fully saturated rings. The monoisotopic (exact) mass is 276 g/mol. The topological polar surface area (TPSA) is 48.5 Å². The summed E-state index contributed by atoms with van der Waals surface area (Å²) in [6.07, 6.45) is 1.95. The zero-order chi connectivity index (χ0) is 14.5. The van der Waals surface area contributed by atoms with E-state index in [1.165, 1.54) is 11.1 Å². The molecule has 1 aromatic heterocycles. The highest BCUT2D eigenvalue weighted by atomic mass is 16.2. The number of hydrogen-bond donors (Lipinski definition) is 1. The highest BCUT2D eigenvalue weighted by Gasteiger charge is 2.20. The van der Waals surface area contributed by atoms with Gasteiger partial charge in [0.05, 0.1) is 0 Å². The number of hydrogen-bond acceptors (Lipinski definition) is 4. The second kappa shape index (κ2) is 6.70. The van der Waals surface area contributed by atoms with E-state index in [4.69, 9.17) is 0 Å². The smallest absolute Gasteiger partial charge is 0.219 e. The van der Waals surface area contributed by atoms with Crippen molar-refractivity contribution in [2.45, 2.75) is 27.3 Å². The van der Waals surface area contributed by atoms with Crippen LogP contribution >= 0.6 is 0 Å². The van der Waals surface area contributed by atoms with Crippen molar-refractivity contribution in [1.29, 1.82) is 0 Å². The standard InChI is InChI=1S/C15H24N4O/c1-4-16-10-14-9-12(2)15(17-11-14)19-7-5-18(6-8-19)13(3)20/h9,11,16H,4-8,10H2,1-3H3. The first kappa shape index (κ1) is 14.8. The van der Waals surface area contributed by atoms with E-state index in [0.29, 0.717) is 0 Å². The van der Waals surface area contributed by atoms with Crippen LogP contribution in [-0.4, -0.2) is 48.5 Å². The summed E-state index contributed by atoms with van der Waals surface area (Å²) in [4.78, 5) is 20.1. The Morgan fingerprint density at radius 2 is 2.05 bits per heavy atom. The van der Waals surface area contributed by atoms with Gasteiger partial charge in [-0.3, -0.25) is 4.79 Å². The van der Waals surface area contributed by atoms with Crippen molar-refractivity contribution in [3.05, 3.63) is 23.4 Å². The third kappa shape index (κ3) is 3.48. The van der Waals surface area contributed by atoms with Crippen LogP contribution in [0.25, 0.3) is 0 Å². The van der Waals surface area contributed by atoms with Gasteiger partial charge in [-0.1, -0.05) is 6.92 Å². The van der Waals surface area contributed by atoms with Gasteiger partial charge in [0, 0.05) is 45.8 Å². The number of rotatable bonds is 4. The van der Waals surface area contributed by atoms with E-state index < -0.39 is 0 Å². The number of nitrogens with zero attached hydrogens (tertiary/aromatic N) is 3. The predicted octanol–water partition coefficient (Wildman–Crippen LogP) is 1.17. The van der Waals surface area contributed by atoms with Gasteiger partial charge in [-0.2, -0.15) is 0 Å². The molecule has 1 amide bonds. The first-order valence-electron chi connectivity index (χ1n) is 7.28. The van der Waals surface area contributed by atoms with E-state index in [1.807, 2.05) is 11.1 Å². The summed E-state index contributed by atoms with van der Waals surface area (Å²) in [6, 6.07) is 2.20. The van der Waals surface area contributed by atoms with Crippen molar-refractivity contribution >= 4 is 11.7 Å². The molecule has 0 aromatic carbocycles. The summed E-state index contributed by atoms with van der Waals surface area (Å²) in [6.45, 7) is 11.0. The largest absolute Gasteiger partial charge is 0.353 e. The quantitative estimate of drug-likeness (QED) is 0.897. The van der Waals surface area contributed by atoms with Crippen LogP contribution in [-0.2, 0) is 11.3 Å². The van der Waals surface area contributed by atoms with Gasteiger partial charge in [-0.05, 0) is 30.7 Å². The maximum absolute atomic E-state index is 11.3. The number of carbonyl (C=O) groups excluding carboxylic acids is 1. The summed E-state index contributed by atoms with van der Waals surface area (Å²) in [5.41, 5.74) is 2.42. The second-order valence-corrected chi connectivity index (χ2v) is 5.26. The summed E-state index contributed by atoms with van der Waals surface area (Å²) in [5, 5.41) is 3.31. The number of amides is 1. The fraction of sp³-hybridized carbons (Fsp3) is 0.600. The van der Waals surface area contributed by atoms with Gasteiger partial charge in [-0.15, -0.1) is 0 Å². The molecule has 0 bridgehead atoms. The highest BCUT2D eigenvalue weighted by Crippen LogP contribution is 2.19. The van der Waals surface area contributed by atoms with Crippen molar-refractivity contribution in [2.24, 2.45) is 0 Å². The SMILES string of the molecule is CCNCc1cnc(N2CCN(C(C)=O)CC2)c(C)c1. The van der Waals surface area contributed by atoms with E-state index >= 15 is 0 Å². The molecule has 1 aliphatic rings. The molecular weight excluding hydrogens is 252 g/mol. The summed E-state index contributed by atoms with van der Waals surface area (Å²) in [5.74, 6) is 1.21. The van der Waals surface area contributed by atoms with Crippen LogP contribution in [0.15, 0.2) is 12.3 Å². The average molecular weight is 276 g/mol. The lowest BCUT2D eigenvalue weighted by Crippen LogP contribution is -2.48. The molecule has 5 heteroatoms. The minimum absolute atomic E-state index is 0.162. The Labute approximate surface area is 121 Å².